The van der Waals surface area contributed by atoms with Crippen molar-refractivity contribution in [2.75, 3.05) is 11.1 Å². The van der Waals surface area contributed by atoms with Crippen LogP contribution in [0.25, 0.3) is 5.69 Å². The van der Waals surface area contributed by atoms with Crippen molar-refractivity contribution in [2.45, 2.75) is 25.9 Å². The third kappa shape index (κ3) is 4.09. The van der Waals surface area contributed by atoms with Gasteiger partial charge < -0.3 is 5.32 Å². The molecule has 1 amide bonds. The topological polar surface area (TPSA) is 59.8 Å². The fourth-order valence-corrected chi connectivity index (χ4v) is 3.19. The smallest absolute Gasteiger partial charge is 0.236 e. The first kappa shape index (κ1) is 17.2. The van der Waals surface area contributed by atoms with E-state index in [1.54, 1.807) is 18.5 Å². The van der Waals surface area contributed by atoms with E-state index >= 15 is 0 Å². The highest BCUT2D eigenvalue weighted by Crippen LogP contribution is 2.24. The Morgan fingerprint density at radius 1 is 1.16 bits per heavy atom. The highest BCUT2D eigenvalue weighted by molar-refractivity contribution is 7.99. The zero-order valence-electron chi connectivity index (χ0n) is 14.5. The lowest BCUT2D eigenvalue weighted by atomic mass is 10.1. The maximum Gasteiger partial charge on any atom is 0.236 e. The van der Waals surface area contributed by atoms with E-state index in [-0.39, 0.29) is 11.7 Å². The summed E-state index contributed by atoms with van der Waals surface area (Å²) in [6, 6.07) is 9.90. The van der Waals surface area contributed by atoms with Crippen molar-refractivity contribution >= 4 is 23.5 Å². The van der Waals surface area contributed by atoms with Crippen LogP contribution in [0, 0.1) is 20.8 Å². The maximum absolute atomic E-state index is 12.2. The molecule has 3 aromatic rings. The summed E-state index contributed by atoms with van der Waals surface area (Å²) in [4.78, 5) is 20.7. The minimum absolute atomic E-state index is 0.100. The molecule has 0 saturated carbocycles. The van der Waals surface area contributed by atoms with Crippen LogP contribution in [0.3, 0.4) is 0 Å². The number of anilines is 1. The van der Waals surface area contributed by atoms with Crippen LogP contribution in [0.2, 0.25) is 0 Å². The van der Waals surface area contributed by atoms with Crippen LogP contribution < -0.4 is 5.32 Å². The number of benzene rings is 1. The Morgan fingerprint density at radius 2 is 2.00 bits per heavy atom. The number of nitrogens with one attached hydrogen (secondary N) is 1. The van der Waals surface area contributed by atoms with Crippen molar-refractivity contribution in [3.63, 3.8) is 0 Å². The second-order valence-electron chi connectivity index (χ2n) is 5.86. The van der Waals surface area contributed by atoms with Crippen LogP contribution in [-0.2, 0) is 4.79 Å². The Bertz CT molecular complexity index is 887. The van der Waals surface area contributed by atoms with Crippen LogP contribution >= 0.6 is 11.8 Å². The fraction of sp³-hybridized carbons (Fsp3) is 0.211. The number of carbonyl (C=O) groups excluding carboxylic acids is 1. The first-order valence-electron chi connectivity index (χ1n) is 8.00. The summed E-state index contributed by atoms with van der Waals surface area (Å²) >= 11 is 1.41. The number of rotatable bonds is 5. The van der Waals surface area contributed by atoms with Crippen LogP contribution in [0.15, 0.2) is 54.1 Å². The molecule has 5 nitrogen and oxygen atoms in total. The molecule has 25 heavy (non-hydrogen) atoms. The molecule has 0 aliphatic heterocycles. The average molecular weight is 352 g/mol. The average Bonchev–Trinajstić information content (AvgIpc) is 3.06. The first-order valence-corrected chi connectivity index (χ1v) is 8.98. The van der Waals surface area contributed by atoms with E-state index in [4.69, 9.17) is 0 Å². The fourth-order valence-electron chi connectivity index (χ4n) is 2.43. The SMILES string of the molecule is Cc1ccc(NC(=O)CSc2nccn2-c2cccc(C)c2C)nc1. The van der Waals surface area contributed by atoms with Gasteiger partial charge in [-0.2, -0.15) is 0 Å². The number of hydrogen-bond acceptors (Lipinski definition) is 4. The van der Waals surface area contributed by atoms with Crippen molar-refractivity contribution in [1.82, 2.24) is 14.5 Å². The number of pyridine rings is 1. The molecule has 0 spiro atoms. The Labute approximate surface area is 151 Å². The van der Waals surface area contributed by atoms with Gasteiger partial charge in [-0.3, -0.25) is 9.36 Å². The van der Waals surface area contributed by atoms with E-state index in [1.165, 1.54) is 22.9 Å². The molecule has 1 N–H and O–H groups in total. The Kier molecular flexibility index (Phi) is 5.19. The van der Waals surface area contributed by atoms with E-state index in [1.807, 2.05) is 29.8 Å². The highest BCUT2D eigenvalue weighted by atomic mass is 32.2. The molecular formula is C19H20N4OS. The standard InChI is InChI=1S/C19H20N4OS/c1-13-7-8-17(21-11-13)22-18(24)12-25-19-20-9-10-23(19)16-6-4-5-14(2)15(16)3/h4-11H,12H2,1-3H3,(H,21,22,24). The number of imidazole rings is 1. The summed E-state index contributed by atoms with van der Waals surface area (Å²) in [6.45, 7) is 6.14. The quantitative estimate of drug-likeness (QED) is 0.707. The molecule has 0 atom stereocenters. The molecule has 2 aromatic heterocycles. The lowest BCUT2D eigenvalue weighted by Crippen LogP contribution is -2.15. The second kappa shape index (κ2) is 7.53. The number of amides is 1. The van der Waals surface area contributed by atoms with Crippen LogP contribution in [0.5, 0.6) is 0 Å². The zero-order valence-corrected chi connectivity index (χ0v) is 15.3. The Balaban J connectivity index is 1.68. The normalized spacial score (nSPS) is 10.7. The first-order chi connectivity index (χ1) is 12.0. The number of carbonyl (C=O) groups is 1. The lowest BCUT2D eigenvalue weighted by Gasteiger charge is -2.12. The predicted octanol–water partition coefficient (Wildman–Crippen LogP) is 3.92. The molecule has 6 heteroatoms. The van der Waals surface area contributed by atoms with Gasteiger partial charge in [0, 0.05) is 18.6 Å². The van der Waals surface area contributed by atoms with E-state index in [0.29, 0.717) is 5.82 Å². The largest absolute Gasteiger partial charge is 0.310 e. The lowest BCUT2D eigenvalue weighted by molar-refractivity contribution is -0.113. The minimum Gasteiger partial charge on any atom is -0.310 e. The van der Waals surface area contributed by atoms with Gasteiger partial charge in [-0.25, -0.2) is 9.97 Å². The van der Waals surface area contributed by atoms with E-state index < -0.39 is 0 Å². The summed E-state index contributed by atoms with van der Waals surface area (Å²) < 4.78 is 2.02. The summed E-state index contributed by atoms with van der Waals surface area (Å²) in [5.74, 6) is 0.739. The zero-order chi connectivity index (χ0) is 17.8. The molecule has 0 aliphatic carbocycles. The van der Waals surface area contributed by atoms with Crippen LogP contribution in [0.1, 0.15) is 16.7 Å². The van der Waals surface area contributed by atoms with Crippen molar-refractivity contribution in [1.29, 1.82) is 0 Å². The number of thioether (sulfide) groups is 1. The summed E-state index contributed by atoms with van der Waals surface area (Å²) in [5, 5.41) is 3.60. The predicted molar refractivity (Wildman–Crippen MR) is 101 cm³/mol. The second-order valence-corrected chi connectivity index (χ2v) is 6.80. The van der Waals surface area contributed by atoms with Gasteiger partial charge in [-0.1, -0.05) is 30.0 Å². The van der Waals surface area contributed by atoms with Crippen LogP contribution in [0.4, 0.5) is 5.82 Å². The number of hydrogen-bond donors (Lipinski definition) is 1. The molecule has 0 aliphatic rings. The van der Waals surface area contributed by atoms with Crippen LogP contribution in [-0.4, -0.2) is 26.2 Å². The molecule has 0 radical (unpaired) electrons. The van der Waals surface area contributed by atoms with E-state index in [2.05, 4.69) is 41.3 Å². The summed E-state index contributed by atoms with van der Waals surface area (Å²) in [7, 11) is 0. The van der Waals surface area contributed by atoms with Gasteiger partial charge in [0.2, 0.25) is 5.91 Å². The van der Waals surface area contributed by atoms with E-state index in [9.17, 15) is 4.79 Å². The van der Waals surface area contributed by atoms with Gasteiger partial charge in [-0.15, -0.1) is 0 Å². The van der Waals surface area contributed by atoms with Crippen molar-refractivity contribution in [2.24, 2.45) is 0 Å². The number of aryl methyl sites for hydroxylation is 2. The molecule has 1 aromatic carbocycles. The summed E-state index contributed by atoms with van der Waals surface area (Å²) in [5.41, 5.74) is 4.57. The molecule has 0 bridgehead atoms. The van der Waals surface area contributed by atoms with Gasteiger partial charge in [0.1, 0.15) is 5.82 Å². The Morgan fingerprint density at radius 3 is 2.76 bits per heavy atom. The number of aromatic nitrogens is 3. The highest BCUT2D eigenvalue weighted by Gasteiger charge is 2.11. The molecule has 2 heterocycles. The molecule has 0 unspecified atom stereocenters. The van der Waals surface area contributed by atoms with Gasteiger partial charge in [0.05, 0.1) is 11.4 Å². The van der Waals surface area contributed by atoms with Crippen molar-refractivity contribution in [3.8, 4) is 5.69 Å². The van der Waals surface area contributed by atoms with Gasteiger partial charge >= 0.3 is 0 Å². The Hall–Kier alpha value is -2.60. The third-order valence-electron chi connectivity index (χ3n) is 3.95. The molecule has 3 rings (SSSR count). The third-order valence-corrected chi connectivity index (χ3v) is 4.92. The van der Waals surface area contributed by atoms with Crippen molar-refractivity contribution < 1.29 is 4.79 Å². The van der Waals surface area contributed by atoms with Gasteiger partial charge in [0.25, 0.3) is 0 Å². The van der Waals surface area contributed by atoms with E-state index in [0.717, 1.165) is 16.4 Å². The molecule has 128 valence electrons. The maximum atomic E-state index is 12.2. The monoisotopic (exact) mass is 352 g/mol. The summed E-state index contributed by atoms with van der Waals surface area (Å²) in [6.07, 6.45) is 5.41. The molecule has 0 fully saturated rings. The molecular weight excluding hydrogens is 332 g/mol. The number of nitrogens with zero attached hydrogens (tertiary/aromatic N) is 3. The minimum atomic E-state index is -0.100. The van der Waals surface area contributed by atoms with Gasteiger partial charge in [-0.05, 0) is 49.6 Å². The van der Waals surface area contributed by atoms with Crippen molar-refractivity contribution in [3.05, 3.63) is 65.6 Å². The molecule has 0 saturated heterocycles. The van der Waals surface area contributed by atoms with Gasteiger partial charge in [0.15, 0.2) is 5.16 Å².